The molecule has 50 valence electrons. The third-order valence-electron chi connectivity index (χ3n) is 0.680. The first-order valence-electron chi connectivity index (χ1n) is 2.51. The van der Waals surface area contributed by atoms with Crippen LogP contribution in [-0.4, -0.2) is 0 Å². The highest BCUT2D eigenvalue weighted by atomic mass is 35.5. The number of halogens is 1. The van der Waals surface area contributed by atoms with E-state index in [2.05, 4.69) is 13.2 Å². The molecule has 0 heterocycles. The van der Waals surface area contributed by atoms with Crippen molar-refractivity contribution in [3.63, 3.8) is 0 Å². The zero-order chi connectivity index (χ0) is 7.44. The SMILES string of the molecule is C=C(C)/C=C(/Cl)C(=C)N. The molecule has 0 aliphatic carbocycles. The van der Waals surface area contributed by atoms with E-state index < -0.39 is 0 Å². The van der Waals surface area contributed by atoms with Crippen LogP contribution in [0.5, 0.6) is 0 Å². The highest BCUT2D eigenvalue weighted by Crippen LogP contribution is 2.09. The third-order valence-corrected chi connectivity index (χ3v) is 1.03. The van der Waals surface area contributed by atoms with Gasteiger partial charge in [-0.1, -0.05) is 30.3 Å². The Morgan fingerprint density at radius 1 is 1.56 bits per heavy atom. The van der Waals surface area contributed by atoms with Crippen molar-refractivity contribution in [1.29, 1.82) is 0 Å². The fraction of sp³-hybridized carbons (Fsp3) is 0.143. The summed E-state index contributed by atoms with van der Waals surface area (Å²) >= 11 is 5.59. The second-order valence-corrected chi connectivity index (χ2v) is 2.27. The summed E-state index contributed by atoms with van der Waals surface area (Å²) in [6.07, 6.45) is 1.67. The molecule has 0 aromatic heterocycles. The van der Waals surface area contributed by atoms with E-state index in [9.17, 15) is 0 Å². The largest absolute Gasteiger partial charge is 0.398 e. The molecular formula is C7H10ClN. The number of rotatable bonds is 2. The second-order valence-electron chi connectivity index (χ2n) is 1.86. The molecule has 0 unspecified atom stereocenters. The first-order chi connectivity index (χ1) is 4.04. The van der Waals surface area contributed by atoms with Gasteiger partial charge in [-0.15, -0.1) is 0 Å². The molecule has 0 amide bonds. The van der Waals surface area contributed by atoms with Crippen LogP contribution in [0.25, 0.3) is 0 Å². The zero-order valence-corrected chi connectivity index (χ0v) is 6.20. The summed E-state index contributed by atoms with van der Waals surface area (Å²) < 4.78 is 0. The van der Waals surface area contributed by atoms with Crippen LogP contribution < -0.4 is 5.73 Å². The molecule has 0 rings (SSSR count). The van der Waals surface area contributed by atoms with Crippen LogP contribution in [0.15, 0.2) is 35.5 Å². The Morgan fingerprint density at radius 2 is 2.00 bits per heavy atom. The molecule has 0 saturated heterocycles. The van der Waals surface area contributed by atoms with Crippen molar-refractivity contribution in [3.05, 3.63) is 35.5 Å². The standard InChI is InChI=1S/C7H10ClN/c1-5(2)4-7(8)6(3)9/h4H,1,3,9H2,2H3/b7-4+. The molecule has 9 heavy (non-hydrogen) atoms. The Balaban J connectivity index is 4.17. The number of hydrogen-bond acceptors (Lipinski definition) is 1. The van der Waals surface area contributed by atoms with Crippen molar-refractivity contribution in [3.8, 4) is 0 Å². The zero-order valence-electron chi connectivity index (χ0n) is 5.45. The van der Waals surface area contributed by atoms with Gasteiger partial charge in [-0.05, 0) is 13.0 Å². The lowest BCUT2D eigenvalue weighted by molar-refractivity contribution is 1.40. The predicted octanol–water partition coefficient (Wildman–Crippen LogP) is 2.16. The molecule has 0 aliphatic rings. The molecule has 0 aromatic carbocycles. The topological polar surface area (TPSA) is 26.0 Å². The van der Waals surface area contributed by atoms with Crippen molar-refractivity contribution in [2.75, 3.05) is 0 Å². The Labute approximate surface area is 60.5 Å². The summed E-state index contributed by atoms with van der Waals surface area (Å²) in [5.41, 5.74) is 6.49. The van der Waals surface area contributed by atoms with Gasteiger partial charge in [-0.2, -0.15) is 0 Å². The fourth-order valence-electron chi connectivity index (χ4n) is 0.309. The van der Waals surface area contributed by atoms with E-state index in [-0.39, 0.29) is 0 Å². The minimum atomic E-state index is 0.375. The van der Waals surface area contributed by atoms with Gasteiger partial charge in [0.2, 0.25) is 0 Å². The molecule has 0 atom stereocenters. The maximum atomic E-state index is 5.59. The summed E-state index contributed by atoms with van der Waals surface area (Å²) in [6, 6.07) is 0. The van der Waals surface area contributed by atoms with E-state index in [1.165, 1.54) is 0 Å². The Hall–Kier alpha value is -0.690. The van der Waals surface area contributed by atoms with Crippen LogP contribution in [0.3, 0.4) is 0 Å². The van der Waals surface area contributed by atoms with Gasteiger partial charge < -0.3 is 5.73 Å². The smallest absolute Gasteiger partial charge is 0.0631 e. The van der Waals surface area contributed by atoms with Crippen LogP contribution in [0.4, 0.5) is 0 Å². The lowest BCUT2D eigenvalue weighted by Crippen LogP contribution is -1.93. The molecule has 0 spiro atoms. The molecule has 0 radical (unpaired) electrons. The average Bonchev–Trinajstić information content (AvgIpc) is 1.63. The molecule has 2 N–H and O–H groups in total. The lowest BCUT2D eigenvalue weighted by Gasteiger charge is -1.93. The summed E-state index contributed by atoms with van der Waals surface area (Å²) in [5, 5.41) is 0.461. The van der Waals surface area contributed by atoms with Crippen molar-refractivity contribution in [2.45, 2.75) is 6.92 Å². The first kappa shape index (κ1) is 8.31. The quantitative estimate of drug-likeness (QED) is 0.589. The van der Waals surface area contributed by atoms with E-state index in [0.717, 1.165) is 5.57 Å². The average molecular weight is 144 g/mol. The van der Waals surface area contributed by atoms with Gasteiger partial charge in [0.1, 0.15) is 0 Å². The molecule has 0 aliphatic heterocycles. The summed E-state index contributed by atoms with van der Waals surface area (Å²) in [7, 11) is 0. The van der Waals surface area contributed by atoms with Crippen LogP contribution in [0.2, 0.25) is 0 Å². The van der Waals surface area contributed by atoms with Crippen molar-refractivity contribution in [1.82, 2.24) is 0 Å². The van der Waals surface area contributed by atoms with Crippen LogP contribution in [-0.2, 0) is 0 Å². The van der Waals surface area contributed by atoms with Gasteiger partial charge >= 0.3 is 0 Å². The highest BCUT2D eigenvalue weighted by Gasteiger charge is 1.90. The number of hydrogen-bond donors (Lipinski definition) is 1. The molecule has 0 fully saturated rings. The van der Waals surface area contributed by atoms with Gasteiger partial charge in [0.25, 0.3) is 0 Å². The fourth-order valence-corrected chi connectivity index (χ4v) is 0.495. The minimum Gasteiger partial charge on any atom is -0.398 e. The maximum absolute atomic E-state index is 5.59. The normalized spacial score (nSPS) is 11.1. The van der Waals surface area contributed by atoms with Crippen LogP contribution in [0, 0.1) is 0 Å². The van der Waals surface area contributed by atoms with Crippen LogP contribution in [0.1, 0.15) is 6.92 Å². The molecule has 0 bridgehead atoms. The van der Waals surface area contributed by atoms with Gasteiger partial charge in [-0.25, -0.2) is 0 Å². The molecule has 0 aromatic rings. The molecule has 1 nitrogen and oxygen atoms in total. The van der Waals surface area contributed by atoms with E-state index in [1.807, 2.05) is 6.92 Å². The first-order valence-corrected chi connectivity index (χ1v) is 2.89. The second kappa shape index (κ2) is 3.36. The number of nitrogens with two attached hydrogens (primary N) is 1. The van der Waals surface area contributed by atoms with E-state index in [1.54, 1.807) is 6.08 Å². The summed E-state index contributed by atoms with van der Waals surface area (Å²) in [6.45, 7) is 8.90. The summed E-state index contributed by atoms with van der Waals surface area (Å²) in [5.74, 6) is 0. The van der Waals surface area contributed by atoms with Gasteiger partial charge in [-0.3, -0.25) is 0 Å². The lowest BCUT2D eigenvalue weighted by atomic mass is 10.3. The third kappa shape index (κ3) is 3.86. The predicted molar refractivity (Wildman–Crippen MR) is 42.1 cm³/mol. The van der Waals surface area contributed by atoms with Gasteiger partial charge in [0, 0.05) is 5.70 Å². The Morgan fingerprint density at radius 3 is 2.11 bits per heavy atom. The van der Waals surface area contributed by atoms with Gasteiger partial charge in [0.15, 0.2) is 0 Å². The van der Waals surface area contributed by atoms with Crippen LogP contribution >= 0.6 is 11.6 Å². The van der Waals surface area contributed by atoms with E-state index in [4.69, 9.17) is 17.3 Å². The monoisotopic (exact) mass is 143 g/mol. The Kier molecular flexibility index (Phi) is 3.10. The molecule has 2 heteroatoms. The highest BCUT2D eigenvalue weighted by molar-refractivity contribution is 6.31. The van der Waals surface area contributed by atoms with Crippen molar-refractivity contribution in [2.24, 2.45) is 5.73 Å². The molecular weight excluding hydrogens is 134 g/mol. The van der Waals surface area contributed by atoms with E-state index in [0.29, 0.717) is 10.7 Å². The summed E-state index contributed by atoms with van der Waals surface area (Å²) in [4.78, 5) is 0. The minimum absolute atomic E-state index is 0.375. The van der Waals surface area contributed by atoms with Crippen molar-refractivity contribution < 1.29 is 0 Å². The van der Waals surface area contributed by atoms with Crippen molar-refractivity contribution >= 4 is 11.6 Å². The number of allylic oxidation sites excluding steroid dienone is 3. The van der Waals surface area contributed by atoms with Gasteiger partial charge in [0.05, 0.1) is 5.03 Å². The molecule has 0 saturated carbocycles. The Bertz CT molecular complexity index is 168. The maximum Gasteiger partial charge on any atom is 0.0631 e. The van der Waals surface area contributed by atoms with E-state index >= 15 is 0 Å².